The summed E-state index contributed by atoms with van der Waals surface area (Å²) in [6.45, 7) is 1.42. The first kappa shape index (κ1) is 17.1. The second-order valence-corrected chi connectivity index (χ2v) is 5.77. The second-order valence-electron chi connectivity index (χ2n) is 4.72. The van der Waals surface area contributed by atoms with Crippen molar-refractivity contribution >= 4 is 39.9 Å². The molecule has 0 saturated heterocycles. The Hall–Kier alpha value is -3.31. The lowest BCUT2D eigenvalue weighted by Crippen LogP contribution is -2.21. The van der Waals surface area contributed by atoms with Crippen molar-refractivity contribution in [2.45, 2.75) is 6.92 Å². The van der Waals surface area contributed by atoms with Gasteiger partial charge in [0.15, 0.2) is 0 Å². The molecule has 0 fully saturated rings. The highest BCUT2D eigenvalue weighted by Gasteiger charge is 2.14. The van der Waals surface area contributed by atoms with E-state index < -0.39 is 11.9 Å². The van der Waals surface area contributed by atoms with E-state index in [1.54, 1.807) is 24.3 Å². The Balaban J connectivity index is 2.29. The predicted octanol–water partition coefficient (Wildman–Crippen LogP) is 1.70. The maximum atomic E-state index is 11.4. The largest absolute Gasteiger partial charge is 0.366 e. The van der Waals surface area contributed by atoms with Crippen LogP contribution in [0.25, 0.3) is 0 Å². The maximum Gasteiger partial charge on any atom is 0.317 e. The average molecular weight is 342 g/mol. The van der Waals surface area contributed by atoms with Crippen LogP contribution in [0, 0.1) is 11.8 Å². The number of rotatable bonds is 3. The van der Waals surface area contributed by atoms with Gasteiger partial charge in [0.25, 0.3) is 5.91 Å². The summed E-state index contributed by atoms with van der Waals surface area (Å²) in [6.07, 6.45) is 0. The molecule has 0 atom stereocenters. The number of nitrogens with one attached hydrogen (secondary N) is 2. The smallest absolute Gasteiger partial charge is 0.317 e. The van der Waals surface area contributed by atoms with Gasteiger partial charge in [-0.3, -0.25) is 14.9 Å². The van der Waals surface area contributed by atoms with Crippen LogP contribution in [0.4, 0.5) is 15.5 Å². The molecule has 6 N–H and O–H groups in total. The molecule has 2 rings (SSSR count). The summed E-state index contributed by atoms with van der Waals surface area (Å²) < 4.78 is 0. The summed E-state index contributed by atoms with van der Waals surface area (Å²) in [5.41, 5.74) is 11.8. The third-order valence-electron chi connectivity index (χ3n) is 2.75. The van der Waals surface area contributed by atoms with E-state index in [0.29, 0.717) is 16.1 Å². The van der Waals surface area contributed by atoms with Crippen LogP contribution in [0.5, 0.6) is 0 Å². The highest BCUT2D eigenvalue weighted by molar-refractivity contribution is 7.17. The fraction of sp³-hybridized carbons (Fsp3) is 0.0625. The highest BCUT2D eigenvalue weighted by Crippen LogP contribution is 2.27. The monoisotopic (exact) mass is 342 g/mol. The van der Waals surface area contributed by atoms with Gasteiger partial charge in [-0.15, -0.1) is 11.3 Å². The molecule has 0 aliphatic heterocycles. The first-order chi connectivity index (χ1) is 11.3. The molecule has 24 heavy (non-hydrogen) atoms. The molecule has 0 aliphatic rings. The number of benzene rings is 1. The van der Waals surface area contributed by atoms with Gasteiger partial charge in [-0.1, -0.05) is 17.9 Å². The summed E-state index contributed by atoms with van der Waals surface area (Å²) >= 11 is 1.09. The van der Waals surface area contributed by atoms with E-state index in [-0.39, 0.29) is 16.5 Å². The molecule has 0 aliphatic carbocycles. The molecular formula is C16H14N4O3S. The summed E-state index contributed by atoms with van der Waals surface area (Å²) in [5.74, 6) is 4.95. The molecular weight excluding hydrogens is 328 g/mol. The van der Waals surface area contributed by atoms with Crippen molar-refractivity contribution in [3.8, 4) is 11.8 Å². The van der Waals surface area contributed by atoms with E-state index in [0.717, 1.165) is 11.3 Å². The third kappa shape index (κ3) is 4.59. The minimum absolute atomic E-state index is 0.148. The predicted molar refractivity (Wildman–Crippen MR) is 92.8 cm³/mol. The van der Waals surface area contributed by atoms with E-state index in [1.165, 1.54) is 13.0 Å². The number of nitrogens with two attached hydrogens (primary N) is 2. The lowest BCUT2D eigenvalue weighted by Gasteiger charge is -2.01. The SMILES string of the molecule is CC(=O)Nc1cccc(C#Cc2cc(C(N)=O)c(NC(N)=O)s2)c1. The van der Waals surface area contributed by atoms with E-state index in [4.69, 9.17) is 11.5 Å². The van der Waals surface area contributed by atoms with Crippen molar-refractivity contribution < 1.29 is 14.4 Å². The molecule has 4 amide bonds. The summed E-state index contributed by atoms with van der Waals surface area (Å²) in [7, 11) is 0. The van der Waals surface area contributed by atoms with Crippen LogP contribution in [0.1, 0.15) is 27.7 Å². The third-order valence-corrected chi connectivity index (χ3v) is 3.71. The number of amides is 4. The van der Waals surface area contributed by atoms with Crippen LogP contribution in [0.2, 0.25) is 0 Å². The number of primary amides is 2. The average Bonchev–Trinajstić information content (AvgIpc) is 2.87. The fourth-order valence-electron chi connectivity index (χ4n) is 1.85. The molecule has 7 nitrogen and oxygen atoms in total. The van der Waals surface area contributed by atoms with Gasteiger partial charge in [0.2, 0.25) is 5.91 Å². The molecule has 0 saturated carbocycles. The van der Waals surface area contributed by atoms with Crippen LogP contribution < -0.4 is 22.1 Å². The number of carbonyl (C=O) groups excluding carboxylic acids is 3. The molecule has 122 valence electrons. The Bertz CT molecular complexity index is 877. The number of hydrogen-bond acceptors (Lipinski definition) is 4. The topological polar surface area (TPSA) is 127 Å². The number of hydrogen-bond donors (Lipinski definition) is 4. The Morgan fingerprint density at radius 1 is 1.08 bits per heavy atom. The quantitative estimate of drug-likeness (QED) is 0.634. The van der Waals surface area contributed by atoms with Crippen LogP contribution in [0.15, 0.2) is 30.3 Å². The minimum atomic E-state index is -0.790. The molecule has 0 unspecified atom stereocenters. The van der Waals surface area contributed by atoms with E-state index >= 15 is 0 Å². The Labute approximate surface area is 142 Å². The molecule has 1 aromatic carbocycles. The number of anilines is 2. The summed E-state index contributed by atoms with van der Waals surface area (Å²) in [4.78, 5) is 33.9. The minimum Gasteiger partial charge on any atom is -0.366 e. The van der Waals surface area contributed by atoms with Gasteiger partial charge in [0.05, 0.1) is 10.4 Å². The zero-order valence-electron chi connectivity index (χ0n) is 12.7. The van der Waals surface area contributed by atoms with Crippen molar-refractivity contribution in [3.05, 3.63) is 46.3 Å². The first-order valence-corrected chi connectivity index (χ1v) is 7.56. The van der Waals surface area contributed by atoms with Crippen LogP contribution in [-0.4, -0.2) is 17.8 Å². The maximum absolute atomic E-state index is 11.4. The lowest BCUT2D eigenvalue weighted by atomic mass is 10.2. The van der Waals surface area contributed by atoms with Crippen molar-refractivity contribution in [3.63, 3.8) is 0 Å². The van der Waals surface area contributed by atoms with Crippen molar-refractivity contribution in [2.24, 2.45) is 11.5 Å². The first-order valence-electron chi connectivity index (χ1n) is 6.75. The van der Waals surface area contributed by atoms with Crippen LogP contribution in [0.3, 0.4) is 0 Å². The Kier molecular flexibility index (Phi) is 5.19. The Morgan fingerprint density at radius 2 is 1.83 bits per heavy atom. The van der Waals surface area contributed by atoms with Gasteiger partial charge >= 0.3 is 6.03 Å². The molecule has 1 aromatic heterocycles. The van der Waals surface area contributed by atoms with E-state index in [2.05, 4.69) is 22.5 Å². The van der Waals surface area contributed by atoms with Crippen molar-refractivity contribution in [1.82, 2.24) is 0 Å². The van der Waals surface area contributed by atoms with E-state index in [1.807, 2.05) is 0 Å². The zero-order chi connectivity index (χ0) is 17.7. The second kappa shape index (κ2) is 7.30. The molecule has 2 aromatic rings. The Morgan fingerprint density at radius 3 is 2.46 bits per heavy atom. The molecule has 1 heterocycles. The van der Waals surface area contributed by atoms with Crippen LogP contribution in [-0.2, 0) is 4.79 Å². The van der Waals surface area contributed by atoms with Gasteiger partial charge in [0.1, 0.15) is 5.00 Å². The van der Waals surface area contributed by atoms with Gasteiger partial charge in [-0.2, -0.15) is 0 Å². The van der Waals surface area contributed by atoms with Crippen LogP contribution >= 0.6 is 11.3 Å². The van der Waals surface area contributed by atoms with Gasteiger partial charge in [-0.25, -0.2) is 4.79 Å². The zero-order valence-corrected chi connectivity index (χ0v) is 13.5. The number of carbonyl (C=O) groups is 3. The van der Waals surface area contributed by atoms with Crippen molar-refractivity contribution in [1.29, 1.82) is 0 Å². The highest BCUT2D eigenvalue weighted by atomic mass is 32.1. The molecule has 8 heteroatoms. The molecule has 0 bridgehead atoms. The normalized spacial score (nSPS) is 9.54. The molecule has 0 radical (unpaired) electrons. The van der Waals surface area contributed by atoms with Gasteiger partial charge < -0.3 is 16.8 Å². The lowest BCUT2D eigenvalue weighted by molar-refractivity contribution is -0.114. The molecule has 0 spiro atoms. The van der Waals surface area contributed by atoms with E-state index in [9.17, 15) is 14.4 Å². The van der Waals surface area contributed by atoms with Crippen molar-refractivity contribution in [2.75, 3.05) is 10.6 Å². The number of urea groups is 1. The standard InChI is InChI=1S/C16H14N4O3S/c1-9(21)19-11-4-2-3-10(7-11)5-6-12-8-13(14(17)22)15(24-12)20-16(18)23/h2-4,7-8H,1H3,(H2,17,22)(H,19,21)(H3,18,20,23). The van der Waals surface area contributed by atoms with Gasteiger partial charge in [0, 0.05) is 18.2 Å². The fourth-order valence-corrected chi connectivity index (χ4v) is 2.77. The summed E-state index contributed by atoms with van der Waals surface area (Å²) in [5, 5.41) is 5.27. The number of thiophene rings is 1. The summed E-state index contributed by atoms with van der Waals surface area (Å²) in [6, 6.07) is 7.71. The van der Waals surface area contributed by atoms with Gasteiger partial charge in [-0.05, 0) is 24.3 Å².